The Morgan fingerprint density at radius 1 is 1.14 bits per heavy atom. The first-order valence-corrected chi connectivity index (χ1v) is 6.85. The first-order chi connectivity index (χ1) is 10.3. The molecule has 1 aromatic heterocycles. The molecule has 2 rings (SSSR count). The molecule has 5 heteroatoms. The molecule has 0 saturated carbocycles. The van der Waals surface area contributed by atoms with E-state index in [-0.39, 0.29) is 5.91 Å². The molecule has 0 aliphatic heterocycles. The van der Waals surface area contributed by atoms with Gasteiger partial charge in [0.15, 0.2) is 0 Å². The van der Waals surface area contributed by atoms with Gasteiger partial charge in [0.1, 0.15) is 17.9 Å². The average Bonchev–Trinajstić information content (AvgIpc) is 2.53. The lowest BCUT2D eigenvalue weighted by molar-refractivity contribution is 0.0942. The summed E-state index contributed by atoms with van der Waals surface area (Å²) in [6, 6.07) is 12.9. The smallest absolute Gasteiger partial charge is 0.256 e. The maximum atomic E-state index is 12.1. The Labute approximate surface area is 123 Å². The van der Waals surface area contributed by atoms with Crippen LogP contribution in [0.4, 0.5) is 0 Å². The van der Waals surface area contributed by atoms with Crippen LogP contribution in [0.1, 0.15) is 17.3 Å². The predicted molar refractivity (Wildman–Crippen MR) is 79.7 cm³/mol. The van der Waals surface area contributed by atoms with Crippen molar-refractivity contribution < 1.29 is 14.3 Å². The van der Waals surface area contributed by atoms with E-state index in [1.54, 1.807) is 18.3 Å². The molecule has 21 heavy (non-hydrogen) atoms. The van der Waals surface area contributed by atoms with Crippen LogP contribution in [0.2, 0.25) is 0 Å². The lowest BCUT2D eigenvalue weighted by Crippen LogP contribution is -2.28. The highest BCUT2D eigenvalue weighted by molar-refractivity contribution is 5.96. The van der Waals surface area contributed by atoms with Crippen LogP contribution in [0.3, 0.4) is 0 Å². The largest absolute Gasteiger partial charge is 0.492 e. The van der Waals surface area contributed by atoms with Crippen molar-refractivity contribution in [2.24, 2.45) is 0 Å². The summed E-state index contributed by atoms with van der Waals surface area (Å²) in [7, 11) is 0. The molecule has 5 nitrogen and oxygen atoms in total. The zero-order chi connectivity index (χ0) is 14.9. The van der Waals surface area contributed by atoms with Gasteiger partial charge in [-0.15, -0.1) is 0 Å². The van der Waals surface area contributed by atoms with Crippen molar-refractivity contribution in [1.82, 2.24) is 10.3 Å². The first kappa shape index (κ1) is 14.8. The quantitative estimate of drug-likeness (QED) is 0.793. The van der Waals surface area contributed by atoms with Crippen LogP contribution < -0.4 is 14.8 Å². The molecule has 0 saturated heterocycles. The molecule has 0 atom stereocenters. The van der Waals surface area contributed by atoms with Crippen molar-refractivity contribution in [3.8, 4) is 11.6 Å². The van der Waals surface area contributed by atoms with E-state index in [0.29, 0.717) is 31.2 Å². The lowest BCUT2D eigenvalue weighted by Gasteiger charge is -2.10. The summed E-state index contributed by atoms with van der Waals surface area (Å²) in [5.41, 5.74) is 0.430. The van der Waals surface area contributed by atoms with Crippen LogP contribution in [-0.2, 0) is 0 Å². The summed E-state index contributed by atoms with van der Waals surface area (Å²) < 4.78 is 10.8. The van der Waals surface area contributed by atoms with Crippen molar-refractivity contribution in [1.29, 1.82) is 0 Å². The van der Waals surface area contributed by atoms with Crippen LogP contribution in [-0.4, -0.2) is 30.6 Å². The number of rotatable bonds is 7. The number of amides is 1. The number of hydrogen-bond acceptors (Lipinski definition) is 4. The SMILES string of the molecule is CCOc1ncccc1C(=O)NCCOc1ccccc1. The summed E-state index contributed by atoms with van der Waals surface area (Å²) in [4.78, 5) is 16.1. The van der Waals surface area contributed by atoms with E-state index >= 15 is 0 Å². The third-order valence-electron chi connectivity index (χ3n) is 2.70. The molecule has 0 fully saturated rings. The minimum Gasteiger partial charge on any atom is -0.492 e. The van der Waals surface area contributed by atoms with Crippen molar-refractivity contribution >= 4 is 5.91 Å². The summed E-state index contributed by atoms with van der Waals surface area (Å²) in [6.45, 7) is 3.13. The van der Waals surface area contributed by atoms with Gasteiger partial charge in [-0.1, -0.05) is 18.2 Å². The van der Waals surface area contributed by atoms with Gasteiger partial charge in [-0.25, -0.2) is 4.98 Å². The molecule has 0 aliphatic rings. The minimum absolute atomic E-state index is 0.219. The van der Waals surface area contributed by atoms with E-state index in [0.717, 1.165) is 5.75 Å². The fourth-order valence-electron chi connectivity index (χ4n) is 1.76. The Morgan fingerprint density at radius 2 is 1.95 bits per heavy atom. The van der Waals surface area contributed by atoms with Crippen LogP contribution in [0.25, 0.3) is 0 Å². The number of nitrogens with zero attached hydrogens (tertiary/aromatic N) is 1. The molecule has 0 aliphatic carbocycles. The molecule has 1 amide bonds. The van der Waals surface area contributed by atoms with Crippen LogP contribution in [0.5, 0.6) is 11.6 Å². The fraction of sp³-hybridized carbons (Fsp3) is 0.250. The maximum Gasteiger partial charge on any atom is 0.256 e. The minimum atomic E-state index is -0.219. The van der Waals surface area contributed by atoms with Crippen LogP contribution in [0.15, 0.2) is 48.7 Å². The number of nitrogens with one attached hydrogen (secondary N) is 1. The van der Waals surface area contributed by atoms with Crippen molar-refractivity contribution in [2.45, 2.75) is 6.92 Å². The number of benzene rings is 1. The Hall–Kier alpha value is -2.56. The Kier molecular flexibility index (Phi) is 5.58. The topological polar surface area (TPSA) is 60.5 Å². The van der Waals surface area contributed by atoms with Crippen LogP contribution in [0, 0.1) is 0 Å². The molecule has 1 heterocycles. The second kappa shape index (κ2) is 7.89. The average molecular weight is 286 g/mol. The third-order valence-corrected chi connectivity index (χ3v) is 2.70. The molecular formula is C16H18N2O3. The molecule has 2 aromatic rings. The summed E-state index contributed by atoms with van der Waals surface area (Å²) in [5.74, 6) is 0.910. The molecule has 0 unspecified atom stereocenters. The molecular weight excluding hydrogens is 268 g/mol. The zero-order valence-corrected chi connectivity index (χ0v) is 11.9. The van der Waals surface area contributed by atoms with Gasteiger partial charge in [0.05, 0.1) is 13.2 Å². The van der Waals surface area contributed by atoms with Gasteiger partial charge < -0.3 is 14.8 Å². The van der Waals surface area contributed by atoms with Gasteiger partial charge in [0.2, 0.25) is 5.88 Å². The summed E-state index contributed by atoms with van der Waals surface area (Å²) >= 11 is 0. The number of hydrogen-bond donors (Lipinski definition) is 1. The normalized spacial score (nSPS) is 9.95. The second-order valence-electron chi connectivity index (χ2n) is 4.21. The van der Waals surface area contributed by atoms with Crippen molar-refractivity contribution in [3.05, 3.63) is 54.2 Å². The monoisotopic (exact) mass is 286 g/mol. The third kappa shape index (κ3) is 4.49. The molecule has 110 valence electrons. The van der Waals surface area contributed by atoms with Gasteiger partial charge in [-0.05, 0) is 31.2 Å². The second-order valence-corrected chi connectivity index (χ2v) is 4.21. The maximum absolute atomic E-state index is 12.1. The van der Waals surface area contributed by atoms with Gasteiger partial charge in [-0.3, -0.25) is 4.79 Å². The van der Waals surface area contributed by atoms with Gasteiger partial charge in [-0.2, -0.15) is 0 Å². The standard InChI is InChI=1S/C16H18N2O3/c1-2-20-16-14(9-6-10-18-16)15(19)17-11-12-21-13-7-4-3-5-8-13/h3-10H,2,11-12H2,1H3,(H,17,19). The highest BCUT2D eigenvalue weighted by atomic mass is 16.5. The van der Waals surface area contributed by atoms with Gasteiger partial charge >= 0.3 is 0 Å². The molecule has 0 bridgehead atoms. The Balaban J connectivity index is 1.82. The summed E-state index contributed by atoms with van der Waals surface area (Å²) in [5, 5.41) is 2.78. The van der Waals surface area contributed by atoms with Crippen LogP contribution >= 0.6 is 0 Å². The van der Waals surface area contributed by atoms with E-state index in [9.17, 15) is 4.79 Å². The number of aromatic nitrogens is 1. The van der Waals surface area contributed by atoms with E-state index in [2.05, 4.69) is 10.3 Å². The Bertz CT molecular complexity index is 573. The van der Waals surface area contributed by atoms with Gasteiger partial charge in [0, 0.05) is 6.20 Å². The fourth-order valence-corrected chi connectivity index (χ4v) is 1.76. The molecule has 1 aromatic carbocycles. The lowest BCUT2D eigenvalue weighted by atomic mass is 10.2. The first-order valence-electron chi connectivity index (χ1n) is 6.85. The van der Waals surface area contributed by atoms with E-state index < -0.39 is 0 Å². The Morgan fingerprint density at radius 3 is 2.71 bits per heavy atom. The number of carbonyl (C=O) groups is 1. The highest BCUT2D eigenvalue weighted by Gasteiger charge is 2.12. The zero-order valence-electron chi connectivity index (χ0n) is 11.9. The highest BCUT2D eigenvalue weighted by Crippen LogP contribution is 2.13. The summed E-state index contributed by atoms with van der Waals surface area (Å²) in [6.07, 6.45) is 1.60. The van der Waals surface area contributed by atoms with E-state index in [4.69, 9.17) is 9.47 Å². The molecule has 1 N–H and O–H groups in total. The van der Waals surface area contributed by atoms with Gasteiger partial charge in [0.25, 0.3) is 5.91 Å². The van der Waals surface area contributed by atoms with Crippen molar-refractivity contribution in [2.75, 3.05) is 19.8 Å². The molecule has 0 radical (unpaired) electrons. The molecule has 0 spiro atoms. The number of pyridine rings is 1. The van der Waals surface area contributed by atoms with Crippen molar-refractivity contribution in [3.63, 3.8) is 0 Å². The number of para-hydroxylation sites is 1. The van der Waals surface area contributed by atoms with E-state index in [1.165, 1.54) is 0 Å². The predicted octanol–water partition coefficient (Wildman–Crippen LogP) is 2.29. The number of ether oxygens (including phenoxy) is 2. The van der Waals surface area contributed by atoms with E-state index in [1.807, 2.05) is 37.3 Å². The number of carbonyl (C=O) groups excluding carboxylic acids is 1.